The van der Waals surface area contributed by atoms with Crippen molar-refractivity contribution in [3.05, 3.63) is 35.5 Å². The Bertz CT molecular complexity index is 803. The maximum atomic E-state index is 12.6. The molecule has 2 aromatic rings. The second-order valence-corrected chi connectivity index (χ2v) is 7.21. The molecular weight excluding hydrogens is 320 g/mol. The number of aromatic amines is 1. The molecule has 2 heterocycles. The molecule has 1 aromatic heterocycles. The second kappa shape index (κ2) is 6.43. The Morgan fingerprint density at radius 2 is 2.00 bits per heavy atom. The van der Waals surface area contributed by atoms with Gasteiger partial charge in [0, 0.05) is 23.0 Å². The summed E-state index contributed by atoms with van der Waals surface area (Å²) in [6, 6.07) is 7.26. The van der Waals surface area contributed by atoms with Crippen LogP contribution in [0.2, 0.25) is 0 Å². The van der Waals surface area contributed by atoms with Gasteiger partial charge in [0.2, 0.25) is 0 Å². The molecule has 134 valence electrons. The zero-order chi connectivity index (χ0) is 18.2. The molecule has 1 aromatic carbocycles. The van der Waals surface area contributed by atoms with Crippen LogP contribution in [0.25, 0.3) is 10.9 Å². The van der Waals surface area contributed by atoms with E-state index in [2.05, 4.69) is 4.98 Å². The molecule has 1 aliphatic rings. The third-order valence-corrected chi connectivity index (χ3v) is 4.19. The van der Waals surface area contributed by atoms with E-state index in [1.54, 1.807) is 6.92 Å². The van der Waals surface area contributed by atoms with Crippen molar-refractivity contribution >= 4 is 23.0 Å². The van der Waals surface area contributed by atoms with Gasteiger partial charge in [0.1, 0.15) is 11.6 Å². The van der Waals surface area contributed by atoms with Gasteiger partial charge in [0.15, 0.2) is 0 Å². The van der Waals surface area contributed by atoms with Crippen molar-refractivity contribution in [1.82, 2.24) is 9.88 Å². The number of benzene rings is 1. The van der Waals surface area contributed by atoms with Crippen LogP contribution in [0.5, 0.6) is 0 Å². The lowest BCUT2D eigenvalue weighted by Crippen LogP contribution is -2.50. The Morgan fingerprint density at radius 3 is 2.68 bits per heavy atom. The van der Waals surface area contributed by atoms with Crippen LogP contribution >= 0.6 is 0 Å². The van der Waals surface area contributed by atoms with Crippen LogP contribution in [0.3, 0.4) is 0 Å². The van der Waals surface area contributed by atoms with Crippen molar-refractivity contribution in [2.24, 2.45) is 0 Å². The zero-order valence-corrected chi connectivity index (χ0v) is 15.1. The summed E-state index contributed by atoms with van der Waals surface area (Å²) in [6.07, 6.45) is -0.0907. The highest BCUT2D eigenvalue weighted by Gasteiger charge is 2.39. The van der Waals surface area contributed by atoms with Crippen LogP contribution in [0.4, 0.5) is 4.79 Å². The predicted octanol–water partition coefficient (Wildman–Crippen LogP) is 3.39. The van der Waals surface area contributed by atoms with E-state index in [0.29, 0.717) is 13.0 Å². The highest BCUT2D eigenvalue weighted by molar-refractivity contribution is 5.88. The molecule has 1 N–H and O–H groups in total. The molecule has 0 saturated carbocycles. The average Bonchev–Trinajstić information content (AvgIpc) is 2.90. The van der Waals surface area contributed by atoms with Gasteiger partial charge in [-0.2, -0.15) is 0 Å². The lowest BCUT2D eigenvalue weighted by Gasteiger charge is -2.35. The third kappa shape index (κ3) is 3.48. The van der Waals surface area contributed by atoms with Gasteiger partial charge in [-0.1, -0.05) is 18.2 Å². The summed E-state index contributed by atoms with van der Waals surface area (Å²) < 4.78 is 10.7. The quantitative estimate of drug-likeness (QED) is 0.848. The molecule has 0 unspecified atom stereocenters. The number of hydrogen-bond acceptors (Lipinski definition) is 4. The Labute approximate surface area is 147 Å². The van der Waals surface area contributed by atoms with E-state index in [4.69, 9.17) is 9.47 Å². The van der Waals surface area contributed by atoms with Gasteiger partial charge < -0.3 is 14.5 Å². The summed E-state index contributed by atoms with van der Waals surface area (Å²) >= 11 is 0. The first-order valence-corrected chi connectivity index (χ1v) is 8.55. The molecule has 0 fully saturated rings. The number of aromatic nitrogens is 1. The van der Waals surface area contributed by atoms with E-state index in [1.807, 2.05) is 45.0 Å². The van der Waals surface area contributed by atoms with Crippen molar-refractivity contribution in [3.8, 4) is 0 Å². The summed E-state index contributed by atoms with van der Waals surface area (Å²) in [4.78, 5) is 29.9. The Morgan fingerprint density at radius 1 is 1.28 bits per heavy atom. The van der Waals surface area contributed by atoms with Crippen LogP contribution in [-0.4, -0.2) is 40.2 Å². The number of nitrogens with one attached hydrogen (secondary N) is 1. The molecule has 0 aliphatic carbocycles. The minimum absolute atomic E-state index is 0.276. The van der Waals surface area contributed by atoms with E-state index in [1.165, 1.54) is 4.90 Å². The first kappa shape index (κ1) is 17.3. The summed E-state index contributed by atoms with van der Waals surface area (Å²) in [5.41, 5.74) is 2.37. The van der Waals surface area contributed by atoms with Crippen LogP contribution < -0.4 is 0 Å². The number of fused-ring (bicyclic) bond motifs is 3. The fraction of sp³-hybridized carbons (Fsp3) is 0.474. The molecule has 1 atom stereocenters. The van der Waals surface area contributed by atoms with Crippen LogP contribution in [0, 0.1) is 0 Å². The molecule has 0 spiro atoms. The highest BCUT2D eigenvalue weighted by atomic mass is 16.6. The molecular formula is C19H24N2O4. The smallest absolute Gasteiger partial charge is 0.411 e. The first-order valence-electron chi connectivity index (χ1n) is 8.55. The van der Waals surface area contributed by atoms with Crippen molar-refractivity contribution < 1.29 is 19.1 Å². The van der Waals surface area contributed by atoms with Crippen molar-refractivity contribution in [2.75, 3.05) is 6.61 Å². The molecule has 3 rings (SSSR count). The van der Waals surface area contributed by atoms with Gasteiger partial charge in [-0.15, -0.1) is 0 Å². The maximum absolute atomic E-state index is 12.6. The van der Waals surface area contributed by atoms with E-state index < -0.39 is 23.7 Å². The van der Waals surface area contributed by atoms with Gasteiger partial charge in [-0.25, -0.2) is 9.59 Å². The molecule has 1 aliphatic heterocycles. The number of para-hydroxylation sites is 1. The molecule has 0 radical (unpaired) electrons. The summed E-state index contributed by atoms with van der Waals surface area (Å²) in [5.74, 6) is -0.399. The number of amides is 1. The number of ether oxygens (including phenoxy) is 2. The van der Waals surface area contributed by atoms with Gasteiger partial charge >= 0.3 is 12.1 Å². The van der Waals surface area contributed by atoms with E-state index >= 15 is 0 Å². The zero-order valence-electron chi connectivity index (χ0n) is 15.1. The second-order valence-electron chi connectivity index (χ2n) is 7.21. The van der Waals surface area contributed by atoms with Gasteiger partial charge in [0.25, 0.3) is 0 Å². The molecule has 6 heteroatoms. The highest BCUT2D eigenvalue weighted by Crippen LogP contribution is 2.31. The van der Waals surface area contributed by atoms with Gasteiger partial charge in [-0.05, 0) is 39.3 Å². The van der Waals surface area contributed by atoms with Crippen LogP contribution in [0.1, 0.15) is 39.0 Å². The van der Waals surface area contributed by atoms with Crippen molar-refractivity contribution in [1.29, 1.82) is 0 Å². The summed E-state index contributed by atoms with van der Waals surface area (Å²) in [5, 5.41) is 1.08. The number of carbonyl (C=O) groups excluding carboxylic acids is 2. The number of esters is 1. The van der Waals surface area contributed by atoms with Crippen LogP contribution in [-0.2, 0) is 27.2 Å². The molecule has 0 bridgehead atoms. The fourth-order valence-corrected chi connectivity index (χ4v) is 3.17. The predicted molar refractivity (Wildman–Crippen MR) is 94.2 cm³/mol. The number of rotatable bonds is 2. The Hall–Kier alpha value is -2.50. The van der Waals surface area contributed by atoms with Crippen molar-refractivity contribution in [2.45, 2.75) is 52.3 Å². The molecule has 0 saturated heterocycles. The normalized spacial score (nSPS) is 17.3. The standard InChI is InChI=1S/C19H24N2O4/c1-5-24-17(22)16-10-13-12-8-6-7-9-14(12)20-15(13)11-21(16)18(23)25-19(2,3)4/h6-9,16,20H,5,10-11H2,1-4H3/t16-/m0/s1. The Kier molecular flexibility index (Phi) is 4.45. The van der Waals surface area contributed by atoms with Gasteiger partial charge in [0.05, 0.1) is 13.2 Å². The molecule has 6 nitrogen and oxygen atoms in total. The average molecular weight is 344 g/mol. The summed E-state index contributed by atoms with van der Waals surface area (Å²) in [7, 11) is 0. The lowest BCUT2D eigenvalue weighted by molar-refractivity contribution is -0.150. The fourth-order valence-electron chi connectivity index (χ4n) is 3.17. The minimum atomic E-state index is -0.679. The number of H-pyrrole nitrogens is 1. The minimum Gasteiger partial charge on any atom is -0.464 e. The topological polar surface area (TPSA) is 71.6 Å². The van der Waals surface area contributed by atoms with Crippen LogP contribution in [0.15, 0.2) is 24.3 Å². The van der Waals surface area contributed by atoms with Crippen molar-refractivity contribution in [3.63, 3.8) is 0 Å². The molecule has 25 heavy (non-hydrogen) atoms. The first-order chi connectivity index (χ1) is 11.8. The Balaban J connectivity index is 1.98. The van der Waals surface area contributed by atoms with E-state index in [-0.39, 0.29) is 6.61 Å². The van der Waals surface area contributed by atoms with E-state index in [9.17, 15) is 9.59 Å². The molecule has 1 amide bonds. The SMILES string of the molecule is CCOC(=O)[C@@H]1Cc2c([nH]c3ccccc23)CN1C(=O)OC(C)(C)C. The lowest BCUT2D eigenvalue weighted by atomic mass is 9.97. The largest absolute Gasteiger partial charge is 0.464 e. The number of nitrogens with zero attached hydrogens (tertiary/aromatic N) is 1. The number of hydrogen-bond donors (Lipinski definition) is 1. The monoisotopic (exact) mass is 344 g/mol. The number of carbonyl (C=O) groups is 2. The van der Waals surface area contributed by atoms with E-state index in [0.717, 1.165) is 22.2 Å². The third-order valence-electron chi connectivity index (χ3n) is 4.19. The van der Waals surface area contributed by atoms with Gasteiger partial charge in [-0.3, -0.25) is 4.90 Å². The summed E-state index contributed by atoms with van der Waals surface area (Å²) in [6.45, 7) is 7.75. The maximum Gasteiger partial charge on any atom is 0.411 e.